The molecule has 2 aromatic rings. The first-order valence-corrected chi connectivity index (χ1v) is 17.6. The summed E-state index contributed by atoms with van der Waals surface area (Å²) in [6, 6.07) is 10.9. The Kier molecular flexibility index (Phi) is 15.5. The number of piperidine rings is 1. The molecule has 2 aliphatic heterocycles. The van der Waals surface area contributed by atoms with Gasteiger partial charge >= 0.3 is 5.97 Å². The van der Waals surface area contributed by atoms with E-state index in [1.54, 1.807) is 36.4 Å². The van der Waals surface area contributed by atoms with E-state index in [1.165, 1.54) is 17.0 Å². The molecule has 2 bridgehead atoms. The highest BCUT2D eigenvalue weighted by Crippen LogP contribution is 2.18. The third kappa shape index (κ3) is 12.8. The zero-order valence-electron chi connectivity index (χ0n) is 29.4. The van der Waals surface area contributed by atoms with Crippen LogP contribution in [-0.4, -0.2) is 109 Å². The van der Waals surface area contributed by atoms with Crippen LogP contribution in [0.4, 0.5) is 0 Å². The summed E-state index contributed by atoms with van der Waals surface area (Å²) in [7, 11) is 0. The number of hydrogen-bond acceptors (Lipinski definition) is 9. The number of carboxylic acid groups (broad SMARTS) is 1. The number of fused-ring (bicyclic) bond motifs is 3. The number of nitrogens with one attached hydrogen (secondary N) is 5. The van der Waals surface area contributed by atoms with Gasteiger partial charge in [-0.3, -0.25) is 28.8 Å². The van der Waals surface area contributed by atoms with Crippen molar-refractivity contribution in [2.75, 3.05) is 45.9 Å². The summed E-state index contributed by atoms with van der Waals surface area (Å²) in [4.78, 5) is 92.1. The molecule has 3 atom stereocenters. The molecule has 16 nitrogen and oxygen atoms in total. The summed E-state index contributed by atoms with van der Waals surface area (Å²) in [5.74, 6) is -4.64. The third-order valence-corrected chi connectivity index (χ3v) is 8.87. The average Bonchev–Trinajstić information content (AvgIpc) is 3.15. The third-order valence-electron chi connectivity index (χ3n) is 8.87. The van der Waals surface area contributed by atoms with Crippen LogP contribution in [0.15, 0.2) is 60.7 Å². The number of ether oxygens (including phenoxy) is 1. The molecule has 53 heavy (non-hydrogen) atoms. The molecule has 8 N–H and O–H groups in total. The van der Waals surface area contributed by atoms with E-state index in [9.17, 15) is 38.7 Å². The lowest BCUT2D eigenvalue weighted by Crippen LogP contribution is -2.52. The minimum absolute atomic E-state index is 0.0127. The fraction of sp³-hybridized carbons (Fsp3) is 0.432. The Morgan fingerprint density at radius 2 is 1.66 bits per heavy atom. The minimum Gasteiger partial charge on any atom is -0.478 e. The van der Waals surface area contributed by atoms with Gasteiger partial charge in [-0.25, -0.2) is 4.79 Å². The molecule has 284 valence electrons. The first-order chi connectivity index (χ1) is 25.5. The van der Waals surface area contributed by atoms with Crippen LogP contribution in [0.3, 0.4) is 0 Å². The predicted octanol–water partition coefficient (Wildman–Crippen LogP) is -0.838. The zero-order valence-corrected chi connectivity index (χ0v) is 29.4. The molecule has 0 radical (unpaired) electrons. The van der Waals surface area contributed by atoms with Gasteiger partial charge in [-0.15, -0.1) is 0 Å². The van der Waals surface area contributed by atoms with Crippen LogP contribution >= 0.6 is 0 Å². The summed E-state index contributed by atoms with van der Waals surface area (Å²) >= 11 is 0. The van der Waals surface area contributed by atoms with Gasteiger partial charge in [0.15, 0.2) is 0 Å². The van der Waals surface area contributed by atoms with E-state index in [-0.39, 0.29) is 57.6 Å². The van der Waals surface area contributed by atoms with Crippen LogP contribution in [0.5, 0.6) is 0 Å². The van der Waals surface area contributed by atoms with Gasteiger partial charge in [0.25, 0.3) is 0 Å². The van der Waals surface area contributed by atoms with Crippen molar-refractivity contribution < 1.29 is 43.4 Å². The number of nitrogens with two attached hydrogens (primary N) is 1. The number of rotatable bonds is 9. The molecule has 0 saturated carbocycles. The lowest BCUT2D eigenvalue weighted by Gasteiger charge is -2.32. The van der Waals surface area contributed by atoms with Crippen molar-refractivity contribution in [3.63, 3.8) is 0 Å². The highest BCUT2D eigenvalue weighted by molar-refractivity contribution is 5.97. The quantitative estimate of drug-likeness (QED) is 0.158. The van der Waals surface area contributed by atoms with Gasteiger partial charge < -0.3 is 47.1 Å². The van der Waals surface area contributed by atoms with Crippen molar-refractivity contribution in [1.82, 2.24) is 31.5 Å². The first kappa shape index (κ1) is 40.2. The highest BCUT2D eigenvalue weighted by atomic mass is 16.5. The number of aromatic carboxylic acids is 1. The van der Waals surface area contributed by atoms with E-state index in [0.29, 0.717) is 49.2 Å². The number of carbonyl (C=O) groups is 7. The lowest BCUT2D eigenvalue weighted by atomic mass is 9.95. The number of carboxylic acids is 1. The van der Waals surface area contributed by atoms with Gasteiger partial charge in [0.1, 0.15) is 12.1 Å². The highest BCUT2D eigenvalue weighted by Gasteiger charge is 2.31. The lowest BCUT2D eigenvalue weighted by molar-refractivity contribution is -0.135. The number of nitrogens with zero attached hydrogens (tertiary/aromatic N) is 1. The maximum atomic E-state index is 13.7. The van der Waals surface area contributed by atoms with Crippen molar-refractivity contribution in [1.29, 1.82) is 0 Å². The summed E-state index contributed by atoms with van der Waals surface area (Å²) in [6.45, 7) is 1.55. The molecule has 0 spiro atoms. The fourth-order valence-corrected chi connectivity index (χ4v) is 6.01. The summed E-state index contributed by atoms with van der Waals surface area (Å²) in [6.07, 6.45) is 3.18. The minimum atomic E-state index is -1.10. The maximum absolute atomic E-state index is 13.7. The number of benzene rings is 2. The van der Waals surface area contributed by atoms with Gasteiger partial charge in [0.05, 0.1) is 31.1 Å². The standard InChI is InChI=1S/C37H47N7O9/c38-14-18-53-19-16-40-35(49)29-13-15-39-31(45)11-12-33(47)44-17-3-6-28(23-44)34(48)43-30(20-24-7-9-25(10-8-24)37(51)52)36(50)41-22-27-5-2-1-4-26(27)21-32(46)42-29/h1-2,4-5,7-12,28-30H,3,6,13-23,38H2,(H,39,45)(H,40,49)(H,41,50)(H,42,46)(H,43,48)(H,51,52)/b12-11+/t28-,29+,30+/m1/s1. The molecular weight excluding hydrogens is 686 g/mol. The van der Waals surface area contributed by atoms with E-state index in [4.69, 9.17) is 10.5 Å². The van der Waals surface area contributed by atoms with Crippen LogP contribution in [0.1, 0.15) is 46.3 Å². The molecule has 0 unspecified atom stereocenters. The number of carbonyl (C=O) groups excluding carboxylic acids is 6. The van der Waals surface area contributed by atoms with E-state index >= 15 is 0 Å². The second kappa shape index (κ2) is 20.4. The second-order valence-electron chi connectivity index (χ2n) is 12.8. The van der Waals surface area contributed by atoms with Crippen LogP contribution in [0.2, 0.25) is 0 Å². The molecule has 16 heteroatoms. The van der Waals surface area contributed by atoms with Crippen molar-refractivity contribution in [3.05, 3.63) is 82.9 Å². The van der Waals surface area contributed by atoms with Gasteiger partial charge in [-0.2, -0.15) is 0 Å². The molecule has 2 aliphatic rings. The van der Waals surface area contributed by atoms with Crippen LogP contribution in [-0.2, 0) is 52.9 Å². The van der Waals surface area contributed by atoms with E-state index in [2.05, 4.69) is 26.6 Å². The van der Waals surface area contributed by atoms with Crippen molar-refractivity contribution in [2.24, 2.45) is 11.7 Å². The number of amides is 6. The monoisotopic (exact) mass is 733 g/mol. The van der Waals surface area contributed by atoms with Crippen molar-refractivity contribution >= 4 is 41.4 Å². The largest absolute Gasteiger partial charge is 0.478 e. The Balaban J connectivity index is 1.57. The summed E-state index contributed by atoms with van der Waals surface area (Å²) < 4.78 is 5.31. The van der Waals surface area contributed by atoms with Gasteiger partial charge in [0.2, 0.25) is 35.4 Å². The Morgan fingerprint density at radius 3 is 2.40 bits per heavy atom. The second-order valence-corrected chi connectivity index (χ2v) is 12.8. The molecular formula is C37H47N7O9. The zero-order chi connectivity index (χ0) is 38.2. The molecule has 6 amide bonds. The summed E-state index contributed by atoms with van der Waals surface area (Å²) in [5.41, 5.74) is 7.34. The molecule has 4 rings (SSSR count). The predicted molar refractivity (Wildman–Crippen MR) is 192 cm³/mol. The number of hydrogen-bond donors (Lipinski definition) is 7. The Labute approximate surface area is 307 Å². The Hall–Kier alpha value is -5.61. The van der Waals surface area contributed by atoms with Gasteiger partial charge in [-0.05, 0) is 48.1 Å². The van der Waals surface area contributed by atoms with Crippen LogP contribution in [0, 0.1) is 5.92 Å². The van der Waals surface area contributed by atoms with Crippen LogP contribution in [0.25, 0.3) is 0 Å². The van der Waals surface area contributed by atoms with Gasteiger partial charge in [-0.1, -0.05) is 36.4 Å². The average molecular weight is 734 g/mol. The molecule has 1 saturated heterocycles. The van der Waals surface area contributed by atoms with E-state index in [1.807, 2.05) is 0 Å². The fourth-order valence-electron chi connectivity index (χ4n) is 6.01. The van der Waals surface area contributed by atoms with E-state index < -0.39 is 59.4 Å². The smallest absolute Gasteiger partial charge is 0.335 e. The molecule has 0 aromatic heterocycles. The maximum Gasteiger partial charge on any atom is 0.335 e. The molecule has 1 fully saturated rings. The van der Waals surface area contributed by atoms with Crippen LogP contribution < -0.4 is 32.3 Å². The Bertz CT molecular complexity index is 1660. The molecule has 2 aromatic carbocycles. The van der Waals surface area contributed by atoms with Gasteiger partial charge in [0, 0.05) is 57.8 Å². The molecule has 0 aliphatic carbocycles. The topological polar surface area (TPSA) is 238 Å². The summed E-state index contributed by atoms with van der Waals surface area (Å²) in [5, 5.41) is 23.1. The van der Waals surface area contributed by atoms with E-state index in [0.717, 1.165) is 12.2 Å². The Morgan fingerprint density at radius 1 is 0.906 bits per heavy atom. The van der Waals surface area contributed by atoms with Crippen molar-refractivity contribution in [2.45, 2.75) is 50.7 Å². The first-order valence-electron chi connectivity index (χ1n) is 17.6. The SMILES string of the molecule is NCCOCCNC(=O)[C@@H]1CCNC(=O)/C=C/C(=O)N2CCC[C@H](C2)C(=O)N[C@@H](Cc2ccc(C(=O)O)cc2)C(=O)NCc2ccccc2CC(=O)N1. The molecule has 2 heterocycles. The normalized spacial score (nSPS) is 21.3. The van der Waals surface area contributed by atoms with Crippen molar-refractivity contribution in [3.8, 4) is 0 Å².